The lowest BCUT2D eigenvalue weighted by Crippen LogP contribution is -2.24. The molecule has 2 aromatic carbocycles. The number of anilines is 2. The van der Waals surface area contributed by atoms with E-state index in [0.717, 1.165) is 17.7 Å². The Kier molecular flexibility index (Phi) is 3.17. The Labute approximate surface area is 118 Å². The molecule has 0 spiro atoms. The number of rotatable bonds is 2. The third-order valence-corrected chi connectivity index (χ3v) is 3.83. The van der Waals surface area contributed by atoms with Gasteiger partial charge in [0.15, 0.2) is 0 Å². The summed E-state index contributed by atoms with van der Waals surface area (Å²) in [5.74, 6) is 0. The Bertz CT molecular complexity index is 688. The van der Waals surface area contributed by atoms with Crippen molar-refractivity contribution < 1.29 is 5.11 Å². The van der Waals surface area contributed by atoms with E-state index in [1.54, 1.807) is 6.07 Å². The summed E-state index contributed by atoms with van der Waals surface area (Å²) in [5, 5.41) is 18.6. The van der Waals surface area contributed by atoms with Crippen molar-refractivity contribution in [2.45, 2.75) is 26.0 Å². The monoisotopic (exact) mass is 264 g/mol. The topological polar surface area (TPSA) is 47.3 Å². The fraction of sp³-hybridized carbons (Fsp3) is 0.235. The van der Waals surface area contributed by atoms with Crippen LogP contribution < -0.4 is 4.90 Å². The number of aliphatic hydroxyl groups excluding tert-OH is 1. The normalized spacial score (nSPS) is 16.9. The lowest BCUT2D eigenvalue weighted by atomic mass is 10.1. The minimum absolute atomic E-state index is 0.0406. The van der Waals surface area contributed by atoms with Gasteiger partial charge in [0.05, 0.1) is 17.9 Å². The van der Waals surface area contributed by atoms with Gasteiger partial charge in [0.2, 0.25) is 0 Å². The van der Waals surface area contributed by atoms with Crippen molar-refractivity contribution in [3.05, 3.63) is 59.2 Å². The first-order chi connectivity index (χ1) is 9.74. The lowest BCUT2D eigenvalue weighted by Gasteiger charge is -2.26. The van der Waals surface area contributed by atoms with Crippen molar-refractivity contribution in [1.82, 2.24) is 0 Å². The molecular weight excluding hydrogens is 248 g/mol. The summed E-state index contributed by atoms with van der Waals surface area (Å²) in [6.45, 7) is 2.13. The van der Waals surface area contributed by atoms with E-state index in [0.29, 0.717) is 11.6 Å². The van der Waals surface area contributed by atoms with Gasteiger partial charge in [-0.15, -0.1) is 0 Å². The molecule has 3 nitrogen and oxygen atoms in total. The smallest absolute Gasteiger partial charge is 0.101 e. The fourth-order valence-corrected chi connectivity index (χ4v) is 2.91. The summed E-state index contributed by atoms with van der Waals surface area (Å²) in [6.07, 6.45) is 0.989. The summed E-state index contributed by atoms with van der Waals surface area (Å²) in [4.78, 5) is 2.22. The van der Waals surface area contributed by atoms with E-state index >= 15 is 0 Å². The van der Waals surface area contributed by atoms with E-state index in [1.165, 1.54) is 11.3 Å². The van der Waals surface area contributed by atoms with Gasteiger partial charge in [-0.25, -0.2) is 0 Å². The first kappa shape index (κ1) is 12.7. The molecule has 3 rings (SSSR count). The Hall–Kier alpha value is -2.31. The molecular formula is C17H16N2O. The maximum atomic E-state index is 9.37. The van der Waals surface area contributed by atoms with Crippen molar-refractivity contribution in [2.75, 3.05) is 4.90 Å². The average molecular weight is 264 g/mol. The van der Waals surface area contributed by atoms with Crippen molar-refractivity contribution in [3.8, 4) is 6.07 Å². The van der Waals surface area contributed by atoms with Crippen LogP contribution >= 0.6 is 0 Å². The van der Waals surface area contributed by atoms with E-state index < -0.39 is 0 Å². The molecule has 1 N–H and O–H groups in total. The van der Waals surface area contributed by atoms with Crippen molar-refractivity contribution in [2.24, 2.45) is 0 Å². The summed E-state index contributed by atoms with van der Waals surface area (Å²) in [7, 11) is 0. The Balaban J connectivity index is 2.12. The third kappa shape index (κ3) is 1.95. The van der Waals surface area contributed by atoms with Crippen LogP contribution in [0.1, 0.15) is 23.6 Å². The maximum Gasteiger partial charge on any atom is 0.101 e. The van der Waals surface area contributed by atoms with Gasteiger partial charge in [-0.1, -0.05) is 24.3 Å². The molecule has 1 unspecified atom stereocenters. The number of benzene rings is 2. The minimum Gasteiger partial charge on any atom is -0.392 e. The highest BCUT2D eigenvalue weighted by Crippen LogP contribution is 2.39. The maximum absolute atomic E-state index is 9.37. The second-order valence-corrected chi connectivity index (χ2v) is 5.17. The molecule has 0 aliphatic carbocycles. The van der Waals surface area contributed by atoms with E-state index in [4.69, 9.17) is 0 Å². The molecule has 3 heteroatoms. The predicted molar refractivity (Wildman–Crippen MR) is 78.8 cm³/mol. The van der Waals surface area contributed by atoms with Crippen LogP contribution in [0.5, 0.6) is 0 Å². The summed E-state index contributed by atoms with van der Waals surface area (Å²) < 4.78 is 0. The van der Waals surface area contributed by atoms with Gasteiger partial charge in [0.25, 0.3) is 0 Å². The van der Waals surface area contributed by atoms with Crippen LogP contribution in [-0.2, 0) is 13.0 Å². The molecule has 0 saturated carbocycles. The molecule has 1 aliphatic heterocycles. The number of nitriles is 1. The lowest BCUT2D eigenvalue weighted by molar-refractivity contribution is 0.282. The van der Waals surface area contributed by atoms with Crippen molar-refractivity contribution in [1.29, 1.82) is 5.26 Å². The van der Waals surface area contributed by atoms with E-state index in [9.17, 15) is 10.4 Å². The number of aliphatic hydroxyl groups is 1. The molecule has 20 heavy (non-hydrogen) atoms. The molecule has 1 heterocycles. The minimum atomic E-state index is -0.0406. The Morgan fingerprint density at radius 1 is 1.25 bits per heavy atom. The number of para-hydroxylation sites is 1. The van der Waals surface area contributed by atoms with Gasteiger partial charge in [-0.05, 0) is 42.7 Å². The van der Waals surface area contributed by atoms with Crippen LogP contribution in [0, 0.1) is 11.3 Å². The van der Waals surface area contributed by atoms with Crippen LogP contribution in [0.2, 0.25) is 0 Å². The molecule has 0 bridgehead atoms. The highest BCUT2D eigenvalue weighted by molar-refractivity contribution is 5.75. The van der Waals surface area contributed by atoms with Crippen LogP contribution in [0.3, 0.4) is 0 Å². The standard InChI is InChI=1S/C17H16N2O/c1-12-8-14-4-2-3-5-16(14)19(12)17-7-6-13(11-20)9-15(17)10-18/h2-7,9,12,20H,8,11H2,1H3. The van der Waals surface area contributed by atoms with Crippen molar-refractivity contribution >= 4 is 11.4 Å². The third-order valence-electron chi connectivity index (χ3n) is 3.83. The van der Waals surface area contributed by atoms with Crippen molar-refractivity contribution in [3.63, 3.8) is 0 Å². The van der Waals surface area contributed by atoms with Gasteiger partial charge in [-0.3, -0.25) is 0 Å². The molecule has 2 aromatic rings. The number of hydrogen-bond donors (Lipinski definition) is 1. The van der Waals surface area contributed by atoms with E-state index in [-0.39, 0.29) is 6.61 Å². The summed E-state index contributed by atoms with van der Waals surface area (Å²) >= 11 is 0. The summed E-state index contributed by atoms with van der Waals surface area (Å²) in [5.41, 5.74) is 4.79. The quantitative estimate of drug-likeness (QED) is 0.906. The average Bonchev–Trinajstić information content (AvgIpc) is 2.82. The molecule has 0 amide bonds. The largest absolute Gasteiger partial charge is 0.392 e. The molecule has 100 valence electrons. The van der Waals surface area contributed by atoms with Gasteiger partial charge >= 0.3 is 0 Å². The first-order valence-electron chi connectivity index (χ1n) is 6.75. The Morgan fingerprint density at radius 2 is 2.05 bits per heavy atom. The molecule has 0 radical (unpaired) electrons. The molecule has 1 aliphatic rings. The van der Waals surface area contributed by atoms with E-state index in [1.807, 2.05) is 18.2 Å². The van der Waals surface area contributed by atoms with Crippen LogP contribution in [0.4, 0.5) is 11.4 Å². The number of fused-ring (bicyclic) bond motifs is 1. The molecule has 1 atom stereocenters. The zero-order chi connectivity index (χ0) is 14.1. The van der Waals surface area contributed by atoms with Crippen LogP contribution in [-0.4, -0.2) is 11.1 Å². The van der Waals surface area contributed by atoms with Crippen LogP contribution in [0.25, 0.3) is 0 Å². The molecule has 0 aromatic heterocycles. The van der Waals surface area contributed by atoms with Crippen LogP contribution in [0.15, 0.2) is 42.5 Å². The van der Waals surface area contributed by atoms with Gasteiger partial charge in [0.1, 0.15) is 6.07 Å². The predicted octanol–water partition coefficient (Wildman–Crippen LogP) is 3.13. The van der Waals surface area contributed by atoms with Gasteiger partial charge < -0.3 is 10.0 Å². The highest BCUT2D eigenvalue weighted by atomic mass is 16.3. The van der Waals surface area contributed by atoms with Gasteiger partial charge in [-0.2, -0.15) is 5.26 Å². The second kappa shape index (κ2) is 4.99. The van der Waals surface area contributed by atoms with Gasteiger partial charge in [0, 0.05) is 11.7 Å². The first-order valence-corrected chi connectivity index (χ1v) is 6.75. The highest BCUT2D eigenvalue weighted by Gasteiger charge is 2.28. The second-order valence-electron chi connectivity index (χ2n) is 5.17. The summed E-state index contributed by atoms with van der Waals surface area (Å²) in [6, 6.07) is 16.5. The zero-order valence-electron chi connectivity index (χ0n) is 11.4. The van der Waals surface area contributed by atoms with E-state index in [2.05, 4.69) is 36.1 Å². The fourth-order valence-electron chi connectivity index (χ4n) is 2.91. The molecule has 0 saturated heterocycles. The zero-order valence-corrected chi connectivity index (χ0v) is 11.4. The number of nitrogens with zero attached hydrogens (tertiary/aromatic N) is 2. The SMILES string of the molecule is CC1Cc2ccccc2N1c1ccc(CO)cc1C#N. The number of hydrogen-bond acceptors (Lipinski definition) is 3. The Morgan fingerprint density at radius 3 is 2.80 bits per heavy atom. The molecule has 0 fully saturated rings.